The van der Waals surface area contributed by atoms with Crippen molar-refractivity contribution in [2.75, 3.05) is 0 Å². The summed E-state index contributed by atoms with van der Waals surface area (Å²) in [4.78, 5) is 27.9. The van der Waals surface area contributed by atoms with Crippen molar-refractivity contribution < 1.29 is 14.5 Å². The van der Waals surface area contributed by atoms with E-state index in [1.54, 1.807) is 12.1 Å². The first-order chi connectivity index (χ1) is 16.3. The topological polar surface area (TPSA) is 93.8 Å². The highest BCUT2D eigenvalue weighted by Crippen LogP contribution is 2.33. The summed E-state index contributed by atoms with van der Waals surface area (Å²) in [6.07, 6.45) is 1.84. The van der Waals surface area contributed by atoms with Gasteiger partial charge in [0.1, 0.15) is 12.4 Å². The number of aryl methyl sites for hydroxylation is 1. The first-order valence-corrected chi connectivity index (χ1v) is 13.0. The van der Waals surface area contributed by atoms with Gasteiger partial charge in [0, 0.05) is 12.1 Å². The number of nitro groups is 1. The predicted molar refractivity (Wildman–Crippen MR) is 151 cm³/mol. The number of ether oxygens (including phenoxy) is 1. The average molecular weight is 697 g/mol. The number of nitrogens with one attached hydrogen (secondary N) is 1. The van der Waals surface area contributed by atoms with Crippen LogP contribution in [0.25, 0.3) is 6.08 Å². The van der Waals surface area contributed by atoms with Crippen LogP contribution in [0.15, 0.2) is 70.6 Å². The van der Waals surface area contributed by atoms with Crippen LogP contribution < -0.4 is 10.1 Å². The molecular weight excluding hydrogens is 680 g/mol. The molecule has 7 nitrogen and oxygen atoms in total. The van der Waals surface area contributed by atoms with E-state index in [2.05, 4.69) is 55.5 Å². The summed E-state index contributed by atoms with van der Waals surface area (Å²) in [5.41, 5.74) is 3.70. The van der Waals surface area contributed by atoms with Gasteiger partial charge in [-0.05, 0) is 117 Å². The molecule has 0 atom stereocenters. The second kappa shape index (κ2) is 10.9. The van der Waals surface area contributed by atoms with Gasteiger partial charge in [-0.25, -0.2) is 4.99 Å². The number of non-ortho nitro benzene ring substituents is 1. The highest BCUT2D eigenvalue weighted by Gasteiger charge is 2.24. The van der Waals surface area contributed by atoms with Crippen molar-refractivity contribution in [3.05, 3.63) is 99.5 Å². The lowest BCUT2D eigenvalue weighted by molar-refractivity contribution is -0.384. The zero-order valence-electron chi connectivity index (χ0n) is 17.7. The van der Waals surface area contributed by atoms with Crippen LogP contribution >= 0.6 is 56.9 Å². The molecule has 1 fully saturated rings. The fourth-order valence-corrected chi connectivity index (χ4v) is 6.01. The first kappa shape index (κ1) is 24.7. The SMILES string of the molecule is Cc1ccc(N=C2NC(=O)/C(=C\c3cc(I)c(OCc4ccc([N+](=O)[O-])cc4)c(I)c3)S2)cc1. The number of hydrogen-bond acceptors (Lipinski definition) is 6. The Labute approximate surface area is 227 Å². The summed E-state index contributed by atoms with van der Waals surface area (Å²) < 4.78 is 7.78. The number of nitrogens with zero attached hydrogens (tertiary/aromatic N) is 2. The molecule has 4 rings (SSSR count). The van der Waals surface area contributed by atoms with Crippen LogP contribution in [0.3, 0.4) is 0 Å². The van der Waals surface area contributed by atoms with E-state index in [4.69, 9.17) is 4.74 Å². The number of carbonyl (C=O) groups is 1. The van der Waals surface area contributed by atoms with Crippen LogP contribution in [0.2, 0.25) is 0 Å². The molecule has 3 aromatic carbocycles. The van der Waals surface area contributed by atoms with E-state index in [0.29, 0.717) is 16.7 Å². The lowest BCUT2D eigenvalue weighted by Gasteiger charge is -2.11. The van der Waals surface area contributed by atoms with Gasteiger partial charge >= 0.3 is 0 Å². The van der Waals surface area contributed by atoms with E-state index >= 15 is 0 Å². The Kier molecular flexibility index (Phi) is 7.88. The number of halogens is 2. The maximum absolute atomic E-state index is 12.4. The summed E-state index contributed by atoms with van der Waals surface area (Å²) in [6, 6.07) is 18.0. The number of amides is 1. The molecule has 1 aliphatic heterocycles. The summed E-state index contributed by atoms with van der Waals surface area (Å²) in [5, 5.41) is 14.2. The van der Waals surface area contributed by atoms with Crippen molar-refractivity contribution in [3.8, 4) is 5.75 Å². The van der Waals surface area contributed by atoms with Crippen molar-refractivity contribution in [3.63, 3.8) is 0 Å². The van der Waals surface area contributed by atoms with Gasteiger partial charge < -0.3 is 10.1 Å². The molecule has 0 spiro atoms. The molecule has 0 unspecified atom stereocenters. The van der Waals surface area contributed by atoms with E-state index < -0.39 is 4.92 Å². The quantitative estimate of drug-likeness (QED) is 0.136. The lowest BCUT2D eigenvalue weighted by Crippen LogP contribution is -2.19. The summed E-state index contributed by atoms with van der Waals surface area (Å²) in [7, 11) is 0. The number of aliphatic imine (C=N–C) groups is 1. The summed E-state index contributed by atoms with van der Waals surface area (Å²) >= 11 is 5.71. The minimum absolute atomic E-state index is 0.0474. The van der Waals surface area contributed by atoms with Gasteiger partial charge in [0.2, 0.25) is 0 Å². The zero-order valence-corrected chi connectivity index (χ0v) is 22.9. The monoisotopic (exact) mass is 697 g/mol. The average Bonchev–Trinajstić information content (AvgIpc) is 3.13. The zero-order chi connectivity index (χ0) is 24.2. The Morgan fingerprint density at radius 1 is 1.09 bits per heavy atom. The lowest BCUT2D eigenvalue weighted by atomic mass is 10.2. The molecule has 10 heteroatoms. The number of nitro benzene ring substituents is 1. The Morgan fingerprint density at radius 3 is 2.35 bits per heavy atom. The molecule has 34 heavy (non-hydrogen) atoms. The van der Waals surface area contributed by atoms with Crippen molar-refractivity contribution >= 4 is 85.5 Å². The Morgan fingerprint density at radius 2 is 1.74 bits per heavy atom. The Hall–Kier alpha value is -2.45. The predicted octanol–water partition coefficient (Wildman–Crippen LogP) is 6.58. The molecule has 0 aliphatic carbocycles. The van der Waals surface area contributed by atoms with Crippen molar-refractivity contribution in [1.29, 1.82) is 0 Å². The molecule has 1 amide bonds. The number of carbonyl (C=O) groups excluding carboxylic acids is 1. The van der Waals surface area contributed by atoms with E-state index in [9.17, 15) is 14.9 Å². The Bertz CT molecular complexity index is 1300. The van der Waals surface area contributed by atoms with Crippen molar-refractivity contribution in [2.45, 2.75) is 13.5 Å². The van der Waals surface area contributed by atoms with Crippen molar-refractivity contribution in [1.82, 2.24) is 5.32 Å². The summed E-state index contributed by atoms with van der Waals surface area (Å²) in [5.74, 6) is 0.547. The smallest absolute Gasteiger partial charge is 0.269 e. The first-order valence-electron chi connectivity index (χ1n) is 10.00. The largest absolute Gasteiger partial charge is 0.487 e. The molecule has 1 aliphatic rings. The van der Waals surface area contributed by atoms with Crippen molar-refractivity contribution in [2.24, 2.45) is 4.99 Å². The standard InChI is InChI=1S/C24H17I2N3O4S/c1-14-2-6-17(7-3-14)27-24-28-23(30)21(34-24)12-16-10-19(25)22(20(26)11-16)33-13-15-4-8-18(9-5-15)29(31)32/h2-12H,13H2,1H3,(H,27,28,30)/b21-12+. The number of rotatable bonds is 6. The van der Waals surface area contributed by atoms with Gasteiger partial charge in [-0.2, -0.15) is 0 Å². The second-order valence-electron chi connectivity index (χ2n) is 7.34. The molecule has 0 aromatic heterocycles. The molecule has 172 valence electrons. The third-order valence-electron chi connectivity index (χ3n) is 4.76. The Balaban J connectivity index is 1.47. The van der Waals surface area contributed by atoms with Crippen LogP contribution in [-0.2, 0) is 11.4 Å². The van der Waals surface area contributed by atoms with Crippen LogP contribution in [0.4, 0.5) is 11.4 Å². The maximum atomic E-state index is 12.4. The van der Waals surface area contributed by atoms with Gasteiger partial charge in [-0.1, -0.05) is 17.7 Å². The molecular formula is C24H17I2N3O4S. The fraction of sp³-hybridized carbons (Fsp3) is 0.0833. The molecule has 0 saturated carbocycles. The maximum Gasteiger partial charge on any atom is 0.269 e. The van der Waals surface area contributed by atoms with Gasteiger partial charge in [0.25, 0.3) is 11.6 Å². The van der Waals surface area contributed by atoms with Gasteiger partial charge in [-0.3, -0.25) is 14.9 Å². The second-order valence-corrected chi connectivity index (χ2v) is 10.7. The third-order valence-corrected chi connectivity index (χ3v) is 7.28. The molecule has 0 bridgehead atoms. The van der Waals surface area contributed by atoms with E-state index in [1.807, 2.05) is 49.4 Å². The number of amidine groups is 1. The molecule has 0 radical (unpaired) electrons. The van der Waals surface area contributed by atoms with Gasteiger partial charge in [0.05, 0.1) is 22.7 Å². The molecule has 1 heterocycles. The minimum atomic E-state index is -0.427. The molecule has 3 aromatic rings. The molecule has 1 saturated heterocycles. The van der Waals surface area contributed by atoms with E-state index in [1.165, 1.54) is 23.9 Å². The molecule has 1 N–H and O–H groups in total. The normalized spacial score (nSPS) is 15.6. The summed E-state index contributed by atoms with van der Waals surface area (Å²) in [6.45, 7) is 2.31. The highest BCUT2D eigenvalue weighted by atomic mass is 127. The minimum Gasteiger partial charge on any atom is -0.487 e. The van der Waals surface area contributed by atoms with E-state index in [0.717, 1.165) is 35.3 Å². The van der Waals surface area contributed by atoms with Crippen LogP contribution in [0.5, 0.6) is 5.75 Å². The highest BCUT2D eigenvalue weighted by molar-refractivity contribution is 14.1. The van der Waals surface area contributed by atoms with E-state index in [-0.39, 0.29) is 11.6 Å². The van der Waals surface area contributed by atoms with Crippen LogP contribution in [0, 0.1) is 24.2 Å². The van der Waals surface area contributed by atoms with Crippen LogP contribution in [-0.4, -0.2) is 16.0 Å². The van der Waals surface area contributed by atoms with Gasteiger partial charge in [-0.15, -0.1) is 0 Å². The number of thioether (sulfide) groups is 1. The third kappa shape index (κ3) is 6.16. The van der Waals surface area contributed by atoms with Crippen LogP contribution in [0.1, 0.15) is 16.7 Å². The van der Waals surface area contributed by atoms with Gasteiger partial charge in [0.15, 0.2) is 5.17 Å². The number of benzene rings is 3. The number of hydrogen-bond donors (Lipinski definition) is 1. The fourth-order valence-electron chi connectivity index (χ4n) is 3.04.